The molecular formula is C17H16N2OS3. The van der Waals surface area contributed by atoms with Gasteiger partial charge in [0.05, 0.1) is 10.2 Å². The Bertz CT molecular complexity index is 845. The first-order chi connectivity index (χ1) is 11.2. The fourth-order valence-corrected chi connectivity index (χ4v) is 4.28. The number of nitrogens with one attached hydrogen (secondary N) is 1. The number of amides is 1. The third-order valence-corrected chi connectivity index (χ3v) is 5.76. The summed E-state index contributed by atoms with van der Waals surface area (Å²) in [5, 5.41) is 3.54. The highest BCUT2D eigenvalue weighted by Crippen LogP contribution is 2.29. The number of benzene rings is 2. The van der Waals surface area contributed by atoms with E-state index in [-0.39, 0.29) is 5.91 Å². The van der Waals surface area contributed by atoms with Crippen molar-refractivity contribution in [2.75, 3.05) is 17.3 Å². The Hall–Kier alpha value is -1.50. The number of nitrogens with zero attached hydrogens (tertiary/aromatic N) is 1. The molecule has 0 radical (unpaired) electrons. The third kappa shape index (κ3) is 3.88. The second kappa shape index (κ2) is 7.38. The Morgan fingerprint density at radius 3 is 2.87 bits per heavy atom. The third-order valence-electron chi connectivity index (χ3n) is 3.22. The number of carbonyl (C=O) groups excluding carboxylic acids is 1. The van der Waals surface area contributed by atoms with Crippen LogP contribution in [0.1, 0.15) is 17.3 Å². The highest BCUT2D eigenvalue weighted by molar-refractivity contribution is 7.99. The van der Waals surface area contributed by atoms with E-state index in [9.17, 15) is 4.79 Å². The van der Waals surface area contributed by atoms with Crippen LogP contribution in [-0.4, -0.2) is 22.9 Å². The van der Waals surface area contributed by atoms with Crippen LogP contribution in [0, 0.1) is 0 Å². The van der Waals surface area contributed by atoms with Crippen LogP contribution in [0.15, 0.2) is 52.3 Å². The first kappa shape index (κ1) is 16.4. The van der Waals surface area contributed by atoms with E-state index in [1.54, 1.807) is 23.5 Å². The molecule has 0 saturated carbocycles. The highest BCUT2D eigenvalue weighted by atomic mass is 32.2. The van der Waals surface area contributed by atoms with Gasteiger partial charge >= 0.3 is 0 Å². The van der Waals surface area contributed by atoms with Gasteiger partial charge in [-0.2, -0.15) is 0 Å². The van der Waals surface area contributed by atoms with Crippen LogP contribution in [0.4, 0.5) is 5.13 Å². The van der Waals surface area contributed by atoms with Crippen molar-refractivity contribution in [3.63, 3.8) is 0 Å². The summed E-state index contributed by atoms with van der Waals surface area (Å²) < 4.78 is 1.09. The van der Waals surface area contributed by atoms with Crippen LogP contribution in [0.5, 0.6) is 0 Å². The predicted octanol–water partition coefficient (Wildman–Crippen LogP) is 5.38. The van der Waals surface area contributed by atoms with Crippen molar-refractivity contribution in [2.24, 2.45) is 0 Å². The van der Waals surface area contributed by atoms with Crippen LogP contribution in [0.2, 0.25) is 0 Å². The van der Waals surface area contributed by atoms with Gasteiger partial charge in [-0.25, -0.2) is 4.98 Å². The number of fused-ring (bicyclic) bond motifs is 1. The van der Waals surface area contributed by atoms with Crippen LogP contribution < -0.4 is 5.32 Å². The number of anilines is 1. The van der Waals surface area contributed by atoms with Gasteiger partial charge in [-0.05, 0) is 48.4 Å². The molecule has 1 aromatic heterocycles. The molecule has 23 heavy (non-hydrogen) atoms. The molecule has 0 fully saturated rings. The number of hydrogen-bond donors (Lipinski definition) is 1. The standard InChI is InChI=1S/C17H16N2OS3/c1-3-22-13-6-4-5-11(9-13)16(20)19-17-18-14-8-7-12(21-2)10-15(14)23-17/h4-10H,3H2,1-2H3,(H,18,19,20). The van der Waals surface area contributed by atoms with E-state index < -0.39 is 0 Å². The molecule has 1 amide bonds. The van der Waals surface area contributed by atoms with Gasteiger partial charge in [-0.15, -0.1) is 23.5 Å². The predicted molar refractivity (Wildman–Crippen MR) is 102 cm³/mol. The fraction of sp³-hybridized carbons (Fsp3) is 0.176. The molecule has 1 N–H and O–H groups in total. The van der Waals surface area contributed by atoms with Crippen molar-refractivity contribution >= 4 is 56.1 Å². The van der Waals surface area contributed by atoms with Crippen molar-refractivity contribution in [2.45, 2.75) is 16.7 Å². The van der Waals surface area contributed by atoms with Crippen LogP contribution in [0.25, 0.3) is 10.2 Å². The summed E-state index contributed by atoms with van der Waals surface area (Å²) in [5.41, 5.74) is 1.57. The molecule has 0 aliphatic carbocycles. The molecule has 6 heteroatoms. The van der Waals surface area contributed by atoms with Gasteiger partial charge in [-0.1, -0.05) is 24.3 Å². The normalized spacial score (nSPS) is 10.9. The monoisotopic (exact) mass is 360 g/mol. The number of aromatic nitrogens is 1. The first-order valence-electron chi connectivity index (χ1n) is 7.18. The minimum atomic E-state index is -0.118. The molecular weight excluding hydrogens is 344 g/mol. The zero-order valence-corrected chi connectivity index (χ0v) is 15.3. The van der Waals surface area contributed by atoms with E-state index in [2.05, 4.69) is 23.3 Å². The number of hydrogen-bond acceptors (Lipinski definition) is 5. The second-order valence-electron chi connectivity index (χ2n) is 4.77. The minimum absolute atomic E-state index is 0.118. The van der Waals surface area contributed by atoms with E-state index in [1.807, 2.05) is 42.7 Å². The van der Waals surface area contributed by atoms with E-state index in [0.717, 1.165) is 20.9 Å². The van der Waals surface area contributed by atoms with Gasteiger partial charge in [0.15, 0.2) is 5.13 Å². The lowest BCUT2D eigenvalue weighted by Crippen LogP contribution is -2.11. The lowest BCUT2D eigenvalue weighted by Gasteiger charge is -2.04. The van der Waals surface area contributed by atoms with Crippen LogP contribution >= 0.6 is 34.9 Å². The van der Waals surface area contributed by atoms with Gasteiger partial charge in [0.2, 0.25) is 0 Å². The molecule has 0 bridgehead atoms. The summed E-state index contributed by atoms with van der Waals surface area (Å²) in [6.45, 7) is 2.10. The number of thiazole rings is 1. The van der Waals surface area contributed by atoms with Gasteiger partial charge in [0, 0.05) is 15.4 Å². The maximum atomic E-state index is 12.4. The molecule has 118 valence electrons. The average Bonchev–Trinajstić information content (AvgIpc) is 2.96. The Labute approximate surface area is 147 Å². The molecule has 0 unspecified atom stereocenters. The second-order valence-corrected chi connectivity index (χ2v) is 8.02. The van der Waals surface area contributed by atoms with Crippen LogP contribution in [0.3, 0.4) is 0 Å². The Morgan fingerprint density at radius 2 is 2.09 bits per heavy atom. The van der Waals surface area contributed by atoms with Crippen molar-refractivity contribution < 1.29 is 4.79 Å². The topological polar surface area (TPSA) is 42.0 Å². The lowest BCUT2D eigenvalue weighted by molar-refractivity contribution is 0.102. The highest BCUT2D eigenvalue weighted by Gasteiger charge is 2.11. The van der Waals surface area contributed by atoms with Gasteiger partial charge in [0.25, 0.3) is 5.91 Å². The summed E-state index contributed by atoms with van der Waals surface area (Å²) in [4.78, 5) is 19.2. The molecule has 0 aliphatic rings. The Balaban J connectivity index is 1.80. The summed E-state index contributed by atoms with van der Waals surface area (Å²) in [5.74, 6) is 0.869. The van der Waals surface area contributed by atoms with Crippen molar-refractivity contribution in [1.82, 2.24) is 4.98 Å². The van der Waals surface area contributed by atoms with Gasteiger partial charge in [0.1, 0.15) is 0 Å². The molecule has 1 heterocycles. The summed E-state index contributed by atoms with van der Waals surface area (Å²) in [6.07, 6.45) is 2.05. The smallest absolute Gasteiger partial charge is 0.257 e. The molecule has 3 nitrogen and oxygen atoms in total. The van der Waals surface area contributed by atoms with Crippen molar-refractivity contribution in [3.05, 3.63) is 48.0 Å². The van der Waals surface area contributed by atoms with E-state index in [1.165, 1.54) is 16.2 Å². The molecule has 0 aliphatic heterocycles. The number of rotatable bonds is 5. The van der Waals surface area contributed by atoms with E-state index in [4.69, 9.17) is 0 Å². The number of carbonyl (C=O) groups is 1. The van der Waals surface area contributed by atoms with Crippen molar-refractivity contribution in [3.8, 4) is 0 Å². The molecule has 0 spiro atoms. The quantitative estimate of drug-likeness (QED) is 0.620. The van der Waals surface area contributed by atoms with Crippen LogP contribution in [-0.2, 0) is 0 Å². The molecule has 3 aromatic rings. The lowest BCUT2D eigenvalue weighted by atomic mass is 10.2. The Kier molecular flexibility index (Phi) is 5.25. The zero-order chi connectivity index (χ0) is 16.2. The first-order valence-corrected chi connectivity index (χ1v) is 10.2. The maximum absolute atomic E-state index is 12.4. The molecule has 0 atom stereocenters. The molecule has 3 rings (SSSR count). The van der Waals surface area contributed by atoms with Gasteiger partial charge < -0.3 is 0 Å². The summed E-state index contributed by atoms with van der Waals surface area (Å²) in [6, 6.07) is 13.8. The van der Waals surface area contributed by atoms with Crippen molar-refractivity contribution in [1.29, 1.82) is 0 Å². The molecule has 0 saturated heterocycles. The maximum Gasteiger partial charge on any atom is 0.257 e. The van der Waals surface area contributed by atoms with E-state index >= 15 is 0 Å². The summed E-state index contributed by atoms with van der Waals surface area (Å²) >= 11 is 4.93. The average molecular weight is 361 g/mol. The largest absolute Gasteiger partial charge is 0.298 e. The number of thioether (sulfide) groups is 2. The van der Waals surface area contributed by atoms with E-state index in [0.29, 0.717) is 10.7 Å². The fourth-order valence-electron chi connectivity index (χ4n) is 2.15. The summed E-state index contributed by atoms with van der Waals surface area (Å²) in [7, 11) is 0. The zero-order valence-electron chi connectivity index (χ0n) is 12.8. The van der Waals surface area contributed by atoms with Gasteiger partial charge in [-0.3, -0.25) is 10.1 Å². The minimum Gasteiger partial charge on any atom is -0.298 e. The SMILES string of the molecule is CCSc1cccc(C(=O)Nc2nc3ccc(SC)cc3s2)c1. The molecule has 2 aromatic carbocycles. The Morgan fingerprint density at radius 1 is 1.22 bits per heavy atom.